The van der Waals surface area contributed by atoms with Crippen LogP contribution in [-0.4, -0.2) is 48.6 Å². The van der Waals surface area contributed by atoms with Gasteiger partial charge in [0.25, 0.3) is 0 Å². The van der Waals surface area contributed by atoms with Crippen molar-refractivity contribution in [1.82, 2.24) is 9.80 Å². The van der Waals surface area contributed by atoms with Crippen molar-refractivity contribution >= 4 is 11.7 Å². The Kier molecular flexibility index (Phi) is 6.25. The summed E-state index contributed by atoms with van der Waals surface area (Å²) in [5, 5.41) is 3.17. The Bertz CT molecular complexity index is 471. The standard InChI is InChI=1S/C18H29N3O/c1-4-10-20-11-13-21(14-12-20)18(22)19-17-15(5-2)8-7-9-16(17)6-3/h7-9H,4-6,10-14H2,1-3H3,(H,19,22). The lowest BCUT2D eigenvalue weighted by atomic mass is 10.0. The number of piperazine rings is 1. The van der Waals surface area contributed by atoms with E-state index >= 15 is 0 Å². The zero-order valence-electron chi connectivity index (χ0n) is 14.2. The zero-order valence-corrected chi connectivity index (χ0v) is 14.2. The van der Waals surface area contributed by atoms with Gasteiger partial charge in [0.15, 0.2) is 0 Å². The van der Waals surface area contributed by atoms with Crippen LogP contribution < -0.4 is 5.32 Å². The molecular formula is C18H29N3O. The second-order valence-electron chi connectivity index (χ2n) is 5.92. The number of anilines is 1. The van der Waals surface area contributed by atoms with Crippen molar-refractivity contribution < 1.29 is 4.79 Å². The first-order valence-electron chi connectivity index (χ1n) is 8.58. The molecule has 0 radical (unpaired) electrons. The first-order chi connectivity index (χ1) is 10.7. The minimum absolute atomic E-state index is 0.0479. The molecule has 0 aromatic heterocycles. The summed E-state index contributed by atoms with van der Waals surface area (Å²) in [5.41, 5.74) is 3.46. The van der Waals surface area contributed by atoms with Gasteiger partial charge < -0.3 is 10.2 Å². The highest BCUT2D eigenvalue weighted by Gasteiger charge is 2.21. The second kappa shape index (κ2) is 8.18. The van der Waals surface area contributed by atoms with E-state index in [0.717, 1.165) is 51.3 Å². The monoisotopic (exact) mass is 303 g/mol. The molecule has 0 bridgehead atoms. The van der Waals surface area contributed by atoms with Crippen LogP contribution in [0.2, 0.25) is 0 Å². The van der Waals surface area contributed by atoms with E-state index in [0.29, 0.717) is 0 Å². The van der Waals surface area contributed by atoms with E-state index in [-0.39, 0.29) is 6.03 Å². The number of carbonyl (C=O) groups excluding carboxylic acids is 1. The predicted octanol–water partition coefficient (Wildman–Crippen LogP) is 3.37. The first kappa shape index (κ1) is 16.8. The molecule has 2 amide bonds. The smallest absolute Gasteiger partial charge is 0.321 e. The first-order valence-corrected chi connectivity index (χ1v) is 8.58. The third kappa shape index (κ3) is 4.01. The summed E-state index contributed by atoms with van der Waals surface area (Å²) < 4.78 is 0. The van der Waals surface area contributed by atoms with Crippen molar-refractivity contribution in [3.63, 3.8) is 0 Å². The number of benzene rings is 1. The summed E-state index contributed by atoms with van der Waals surface area (Å²) >= 11 is 0. The molecule has 1 N–H and O–H groups in total. The number of amides is 2. The summed E-state index contributed by atoms with van der Waals surface area (Å²) in [6.07, 6.45) is 3.05. The van der Waals surface area contributed by atoms with E-state index in [2.05, 4.69) is 49.2 Å². The maximum atomic E-state index is 12.6. The van der Waals surface area contributed by atoms with E-state index in [4.69, 9.17) is 0 Å². The van der Waals surface area contributed by atoms with Gasteiger partial charge in [-0.3, -0.25) is 4.90 Å². The molecule has 1 fully saturated rings. The molecule has 0 aliphatic carbocycles. The molecule has 1 aliphatic heterocycles. The zero-order chi connectivity index (χ0) is 15.9. The van der Waals surface area contributed by atoms with Crippen LogP contribution in [0.3, 0.4) is 0 Å². The molecule has 2 rings (SSSR count). The Hall–Kier alpha value is -1.55. The average Bonchev–Trinajstić information content (AvgIpc) is 2.56. The largest absolute Gasteiger partial charge is 0.322 e. The Balaban J connectivity index is 2.01. The molecule has 122 valence electrons. The topological polar surface area (TPSA) is 35.6 Å². The normalized spacial score (nSPS) is 15.9. The molecule has 0 unspecified atom stereocenters. The van der Waals surface area contributed by atoms with Crippen LogP contribution >= 0.6 is 0 Å². The highest BCUT2D eigenvalue weighted by molar-refractivity contribution is 5.91. The molecule has 1 aromatic rings. The molecule has 1 saturated heterocycles. The molecular weight excluding hydrogens is 274 g/mol. The van der Waals surface area contributed by atoms with E-state index in [1.165, 1.54) is 17.5 Å². The van der Waals surface area contributed by atoms with Crippen LogP contribution in [0, 0.1) is 0 Å². The van der Waals surface area contributed by atoms with Crippen molar-refractivity contribution in [2.75, 3.05) is 38.0 Å². The third-order valence-electron chi connectivity index (χ3n) is 4.43. The number of hydrogen-bond donors (Lipinski definition) is 1. The number of carbonyl (C=O) groups is 1. The van der Waals surface area contributed by atoms with Crippen LogP contribution in [0.15, 0.2) is 18.2 Å². The summed E-state index contributed by atoms with van der Waals surface area (Å²) in [4.78, 5) is 16.9. The number of urea groups is 1. The lowest BCUT2D eigenvalue weighted by Gasteiger charge is -2.34. The Morgan fingerprint density at radius 3 is 2.14 bits per heavy atom. The van der Waals surface area contributed by atoms with Gasteiger partial charge in [-0.1, -0.05) is 39.0 Å². The number of nitrogens with zero attached hydrogens (tertiary/aromatic N) is 2. The fraction of sp³-hybridized carbons (Fsp3) is 0.611. The van der Waals surface area contributed by atoms with Crippen LogP contribution in [0.5, 0.6) is 0 Å². The molecule has 1 aliphatic rings. The average molecular weight is 303 g/mol. The van der Waals surface area contributed by atoms with E-state index in [1.54, 1.807) is 0 Å². The molecule has 0 spiro atoms. The fourth-order valence-corrected chi connectivity index (χ4v) is 3.08. The van der Waals surface area contributed by atoms with Gasteiger partial charge in [-0.2, -0.15) is 0 Å². The quantitative estimate of drug-likeness (QED) is 0.905. The molecule has 4 nitrogen and oxygen atoms in total. The van der Waals surface area contributed by atoms with Crippen LogP contribution in [0.25, 0.3) is 0 Å². The van der Waals surface area contributed by atoms with Crippen molar-refractivity contribution in [3.8, 4) is 0 Å². The van der Waals surface area contributed by atoms with Gasteiger partial charge in [0.2, 0.25) is 0 Å². The van der Waals surface area contributed by atoms with Crippen LogP contribution in [-0.2, 0) is 12.8 Å². The van der Waals surface area contributed by atoms with Gasteiger partial charge >= 0.3 is 6.03 Å². The number of para-hydroxylation sites is 1. The van der Waals surface area contributed by atoms with Crippen molar-refractivity contribution in [2.45, 2.75) is 40.0 Å². The highest BCUT2D eigenvalue weighted by atomic mass is 16.2. The van der Waals surface area contributed by atoms with E-state index < -0.39 is 0 Å². The fourth-order valence-electron chi connectivity index (χ4n) is 3.08. The maximum absolute atomic E-state index is 12.6. The molecule has 1 aromatic carbocycles. The van der Waals surface area contributed by atoms with E-state index in [1.807, 2.05) is 4.90 Å². The van der Waals surface area contributed by atoms with Gasteiger partial charge in [0.05, 0.1) is 0 Å². The minimum atomic E-state index is 0.0479. The van der Waals surface area contributed by atoms with Gasteiger partial charge in [-0.05, 0) is 36.9 Å². The molecule has 1 heterocycles. The SMILES string of the molecule is CCCN1CCN(C(=O)Nc2c(CC)cccc2CC)CC1. The Morgan fingerprint density at radius 2 is 1.64 bits per heavy atom. The summed E-state index contributed by atoms with van der Waals surface area (Å²) in [7, 11) is 0. The molecule has 0 atom stereocenters. The van der Waals surface area contributed by atoms with Crippen LogP contribution in [0.1, 0.15) is 38.3 Å². The van der Waals surface area contributed by atoms with E-state index in [9.17, 15) is 4.79 Å². The Labute approximate surface area is 134 Å². The van der Waals surface area contributed by atoms with Crippen molar-refractivity contribution in [3.05, 3.63) is 29.3 Å². The Morgan fingerprint density at radius 1 is 1.05 bits per heavy atom. The summed E-state index contributed by atoms with van der Waals surface area (Å²) in [6, 6.07) is 6.34. The molecule has 4 heteroatoms. The van der Waals surface area contributed by atoms with Gasteiger partial charge in [0.1, 0.15) is 0 Å². The van der Waals surface area contributed by atoms with Gasteiger partial charge in [-0.25, -0.2) is 4.79 Å². The van der Waals surface area contributed by atoms with Gasteiger partial charge in [-0.15, -0.1) is 0 Å². The summed E-state index contributed by atoms with van der Waals surface area (Å²) in [5.74, 6) is 0. The third-order valence-corrected chi connectivity index (χ3v) is 4.43. The predicted molar refractivity (Wildman–Crippen MR) is 92.5 cm³/mol. The molecule has 22 heavy (non-hydrogen) atoms. The lowest BCUT2D eigenvalue weighted by Crippen LogP contribution is -2.50. The number of nitrogens with one attached hydrogen (secondary N) is 1. The van der Waals surface area contributed by atoms with Crippen LogP contribution in [0.4, 0.5) is 10.5 Å². The number of rotatable bonds is 5. The van der Waals surface area contributed by atoms with Gasteiger partial charge in [0, 0.05) is 31.9 Å². The van der Waals surface area contributed by atoms with Crippen molar-refractivity contribution in [1.29, 1.82) is 0 Å². The highest BCUT2D eigenvalue weighted by Crippen LogP contribution is 2.23. The summed E-state index contributed by atoms with van der Waals surface area (Å²) in [6.45, 7) is 11.2. The second-order valence-corrected chi connectivity index (χ2v) is 5.92. The minimum Gasteiger partial charge on any atom is -0.322 e. The van der Waals surface area contributed by atoms with Crippen molar-refractivity contribution in [2.24, 2.45) is 0 Å². The molecule has 0 saturated carbocycles. The lowest BCUT2D eigenvalue weighted by molar-refractivity contribution is 0.147. The number of hydrogen-bond acceptors (Lipinski definition) is 2. The maximum Gasteiger partial charge on any atom is 0.321 e. The number of aryl methyl sites for hydroxylation is 2.